The summed E-state index contributed by atoms with van der Waals surface area (Å²) < 4.78 is 4.66. The fourth-order valence-electron chi connectivity index (χ4n) is 0.748. The van der Waals surface area contributed by atoms with Gasteiger partial charge in [-0.25, -0.2) is 9.78 Å². The second kappa shape index (κ2) is 3.99. The van der Waals surface area contributed by atoms with Crippen molar-refractivity contribution in [2.24, 2.45) is 0 Å². The Morgan fingerprint density at radius 2 is 2.46 bits per heavy atom. The van der Waals surface area contributed by atoms with Crippen LogP contribution >= 0.6 is 0 Å². The molecule has 0 aliphatic heterocycles. The number of nitrogens with zero attached hydrogens (tertiary/aromatic N) is 2. The Balaban J connectivity index is 2.73. The first-order valence-electron chi connectivity index (χ1n) is 3.92. The highest BCUT2D eigenvalue weighted by Crippen LogP contribution is 2.05. The number of esters is 1. The summed E-state index contributed by atoms with van der Waals surface area (Å²) in [6.07, 6.45) is -0.768. The van der Waals surface area contributed by atoms with Gasteiger partial charge in [0.05, 0.1) is 6.61 Å². The number of aromatic amines is 1. The van der Waals surface area contributed by atoms with Crippen LogP contribution in [0.5, 0.6) is 0 Å². The predicted octanol–water partition coefficient (Wildman–Crippen LogP) is 0.0347. The van der Waals surface area contributed by atoms with Crippen molar-refractivity contribution in [1.82, 2.24) is 15.2 Å². The summed E-state index contributed by atoms with van der Waals surface area (Å²) in [5.41, 5.74) is 0. The molecular formula is C7H11N3O3. The maximum atomic E-state index is 11.0. The van der Waals surface area contributed by atoms with E-state index in [2.05, 4.69) is 19.9 Å². The Kier molecular flexibility index (Phi) is 2.97. The summed E-state index contributed by atoms with van der Waals surface area (Å²) in [5, 5.41) is 15.1. The van der Waals surface area contributed by atoms with Gasteiger partial charge in [0, 0.05) is 0 Å². The van der Waals surface area contributed by atoms with Gasteiger partial charge < -0.3 is 9.84 Å². The van der Waals surface area contributed by atoms with Gasteiger partial charge in [-0.3, -0.25) is 5.10 Å². The molecule has 0 fully saturated rings. The average molecular weight is 185 g/mol. The lowest BCUT2D eigenvalue weighted by Gasteiger charge is -1.95. The molecule has 0 bridgehead atoms. The molecule has 0 aliphatic rings. The molecule has 1 aromatic rings. The van der Waals surface area contributed by atoms with Gasteiger partial charge in [0.25, 0.3) is 5.82 Å². The molecule has 13 heavy (non-hydrogen) atoms. The number of nitrogens with one attached hydrogen (secondary N) is 1. The highest BCUT2D eigenvalue weighted by atomic mass is 16.5. The molecule has 0 spiro atoms. The van der Waals surface area contributed by atoms with Crippen molar-refractivity contribution in [3.05, 3.63) is 11.6 Å². The van der Waals surface area contributed by atoms with Crippen LogP contribution in [0.1, 0.15) is 36.4 Å². The Hall–Kier alpha value is -1.43. The smallest absolute Gasteiger partial charge is 0.378 e. The number of hydrogen-bond donors (Lipinski definition) is 2. The normalized spacial score (nSPS) is 12.5. The summed E-state index contributed by atoms with van der Waals surface area (Å²) in [6, 6.07) is 0. The van der Waals surface area contributed by atoms with Crippen LogP contribution in [-0.2, 0) is 4.74 Å². The number of aliphatic hydroxyl groups is 1. The van der Waals surface area contributed by atoms with Crippen molar-refractivity contribution < 1.29 is 14.6 Å². The molecule has 0 saturated carbocycles. The highest BCUT2D eigenvalue weighted by Gasteiger charge is 2.14. The van der Waals surface area contributed by atoms with E-state index in [1.165, 1.54) is 6.92 Å². The van der Waals surface area contributed by atoms with Crippen LogP contribution in [-0.4, -0.2) is 32.9 Å². The maximum absolute atomic E-state index is 11.0. The first-order chi connectivity index (χ1) is 6.15. The van der Waals surface area contributed by atoms with Gasteiger partial charge in [-0.15, -0.1) is 5.10 Å². The molecule has 0 amide bonds. The molecule has 72 valence electrons. The third-order valence-electron chi connectivity index (χ3n) is 1.36. The van der Waals surface area contributed by atoms with Gasteiger partial charge >= 0.3 is 5.97 Å². The number of carbonyl (C=O) groups is 1. The van der Waals surface area contributed by atoms with Crippen LogP contribution in [0.25, 0.3) is 0 Å². The SMILES string of the molecule is CCOC(=O)c1n[nH]c(C(C)O)n1. The van der Waals surface area contributed by atoms with Crippen LogP contribution in [0.15, 0.2) is 0 Å². The lowest BCUT2D eigenvalue weighted by atomic mass is 10.4. The fourth-order valence-corrected chi connectivity index (χ4v) is 0.748. The first kappa shape index (κ1) is 9.66. The molecule has 6 heteroatoms. The Bertz CT molecular complexity index is 295. The van der Waals surface area contributed by atoms with Crippen LogP contribution < -0.4 is 0 Å². The summed E-state index contributed by atoms with van der Waals surface area (Å²) in [4.78, 5) is 14.8. The van der Waals surface area contributed by atoms with E-state index in [0.717, 1.165) is 0 Å². The second-order valence-electron chi connectivity index (χ2n) is 2.44. The molecule has 0 aromatic carbocycles. The summed E-state index contributed by atoms with van der Waals surface area (Å²) in [5.74, 6) is -0.397. The van der Waals surface area contributed by atoms with Crippen molar-refractivity contribution >= 4 is 5.97 Å². The maximum Gasteiger partial charge on any atom is 0.378 e. The largest absolute Gasteiger partial charge is 0.460 e. The van der Waals surface area contributed by atoms with E-state index in [9.17, 15) is 4.79 Å². The molecule has 1 unspecified atom stereocenters. The van der Waals surface area contributed by atoms with Crippen molar-refractivity contribution in [3.8, 4) is 0 Å². The van der Waals surface area contributed by atoms with E-state index in [1.807, 2.05) is 0 Å². The van der Waals surface area contributed by atoms with Gasteiger partial charge in [-0.05, 0) is 13.8 Å². The molecule has 6 nitrogen and oxygen atoms in total. The minimum absolute atomic E-state index is 0.0576. The number of hydrogen-bond acceptors (Lipinski definition) is 5. The number of ether oxygens (including phenoxy) is 1. The number of aromatic nitrogens is 3. The van der Waals surface area contributed by atoms with Gasteiger partial charge in [0.1, 0.15) is 6.10 Å². The first-order valence-corrected chi connectivity index (χ1v) is 3.92. The lowest BCUT2D eigenvalue weighted by Crippen LogP contribution is -2.06. The standard InChI is InChI=1S/C7H11N3O3/c1-3-13-7(12)6-8-5(4(2)11)9-10-6/h4,11H,3H2,1-2H3,(H,8,9,10). The zero-order valence-corrected chi connectivity index (χ0v) is 7.44. The van der Waals surface area contributed by atoms with E-state index in [1.54, 1.807) is 6.92 Å². The van der Waals surface area contributed by atoms with Crippen molar-refractivity contribution in [1.29, 1.82) is 0 Å². The molecule has 0 saturated heterocycles. The van der Waals surface area contributed by atoms with Gasteiger partial charge in [-0.1, -0.05) is 0 Å². The Morgan fingerprint density at radius 3 is 2.92 bits per heavy atom. The van der Waals surface area contributed by atoms with E-state index in [-0.39, 0.29) is 18.3 Å². The Morgan fingerprint density at radius 1 is 1.77 bits per heavy atom. The predicted molar refractivity (Wildman–Crippen MR) is 43.0 cm³/mol. The van der Waals surface area contributed by atoms with E-state index >= 15 is 0 Å². The quantitative estimate of drug-likeness (QED) is 0.649. The van der Waals surface area contributed by atoms with Gasteiger partial charge in [0.15, 0.2) is 5.82 Å². The molecule has 0 aliphatic carbocycles. The fraction of sp³-hybridized carbons (Fsp3) is 0.571. The number of rotatable bonds is 3. The van der Waals surface area contributed by atoms with Crippen molar-refractivity contribution in [2.45, 2.75) is 20.0 Å². The van der Waals surface area contributed by atoms with Crippen LogP contribution in [0.3, 0.4) is 0 Å². The van der Waals surface area contributed by atoms with E-state index < -0.39 is 12.1 Å². The zero-order valence-electron chi connectivity index (χ0n) is 7.44. The molecule has 1 aromatic heterocycles. The highest BCUT2D eigenvalue weighted by molar-refractivity contribution is 5.84. The van der Waals surface area contributed by atoms with Crippen LogP contribution in [0, 0.1) is 0 Å². The third-order valence-corrected chi connectivity index (χ3v) is 1.36. The minimum Gasteiger partial charge on any atom is -0.460 e. The molecule has 0 radical (unpaired) electrons. The topological polar surface area (TPSA) is 88.1 Å². The lowest BCUT2D eigenvalue weighted by molar-refractivity contribution is 0.0512. The molecule has 1 heterocycles. The minimum atomic E-state index is -0.768. The average Bonchev–Trinajstić information content (AvgIpc) is 2.52. The second-order valence-corrected chi connectivity index (χ2v) is 2.44. The van der Waals surface area contributed by atoms with Gasteiger partial charge in [0.2, 0.25) is 0 Å². The molecule has 1 atom stereocenters. The van der Waals surface area contributed by atoms with E-state index in [0.29, 0.717) is 0 Å². The number of H-pyrrole nitrogens is 1. The van der Waals surface area contributed by atoms with Gasteiger partial charge in [-0.2, -0.15) is 0 Å². The van der Waals surface area contributed by atoms with Crippen LogP contribution in [0.2, 0.25) is 0 Å². The number of aliphatic hydroxyl groups excluding tert-OH is 1. The third kappa shape index (κ3) is 2.25. The van der Waals surface area contributed by atoms with Crippen molar-refractivity contribution in [3.63, 3.8) is 0 Å². The summed E-state index contributed by atoms with van der Waals surface area (Å²) in [7, 11) is 0. The van der Waals surface area contributed by atoms with Crippen LogP contribution in [0.4, 0.5) is 0 Å². The van der Waals surface area contributed by atoms with E-state index in [4.69, 9.17) is 5.11 Å². The number of carbonyl (C=O) groups excluding carboxylic acids is 1. The Labute approximate surface area is 74.9 Å². The molecule has 1 rings (SSSR count). The molecular weight excluding hydrogens is 174 g/mol. The molecule has 2 N–H and O–H groups in total. The zero-order chi connectivity index (χ0) is 9.84. The summed E-state index contributed by atoms with van der Waals surface area (Å²) >= 11 is 0. The summed E-state index contributed by atoms with van der Waals surface area (Å²) in [6.45, 7) is 3.49. The monoisotopic (exact) mass is 185 g/mol. The van der Waals surface area contributed by atoms with Crippen molar-refractivity contribution in [2.75, 3.05) is 6.61 Å².